The first kappa shape index (κ1) is 36.5. The third-order valence-corrected chi connectivity index (χ3v) is 10.6. The van der Waals surface area contributed by atoms with Crippen LogP contribution in [0.15, 0.2) is 66.9 Å². The third-order valence-electron chi connectivity index (χ3n) is 10.2. The normalized spacial score (nSPS) is 20.3. The topological polar surface area (TPSA) is 145 Å². The zero-order valence-electron chi connectivity index (χ0n) is 30.8. The predicted molar refractivity (Wildman–Crippen MR) is 207 cm³/mol. The van der Waals surface area contributed by atoms with Gasteiger partial charge in [-0.15, -0.1) is 0 Å². The lowest BCUT2D eigenvalue weighted by atomic mass is 9.85. The molecule has 2 aliphatic heterocycles. The number of nitrogens with one attached hydrogen (secondary N) is 5. The molecule has 5 N–H and O–H groups in total. The number of hydrogen-bond donors (Lipinski definition) is 5. The van der Waals surface area contributed by atoms with Crippen molar-refractivity contribution < 1.29 is 14.3 Å². The first-order valence-electron chi connectivity index (χ1n) is 18.8. The second-order valence-electron chi connectivity index (χ2n) is 15.2. The van der Waals surface area contributed by atoms with Gasteiger partial charge < -0.3 is 25.0 Å². The molecule has 2 aromatic carbocycles. The molecule has 0 radical (unpaired) electrons. The second kappa shape index (κ2) is 15.7. The van der Waals surface area contributed by atoms with Crippen LogP contribution in [0.1, 0.15) is 94.7 Å². The number of anilines is 1. The highest BCUT2D eigenvalue weighted by Crippen LogP contribution is 2.39. The number of carbonyl (C=O) groups excluding carboxylic acids is 1. The van der Waals surface area contributed by atoms with Gasteiger partial charge in [-0.25, -0.2) is 9.48 Å². The molecular weight excluding hydrogens is 690 g/mol. The van der Waals surface area contributed by atoms with Crippen LogP contribution in [0.25, 0.3) is 5.69 Å². The summed E-state index contributed by atoms with van der Waals surface area (Å²) in [7, 11) is 0. The lowest BCUT2D eigenvalue weighted by Crippen LogP contribution is -2.42. The van der Waals surface area contributed by atoms with E-state index in [9.17, 15) is 4.79 Å². The van der Waals surface area contributed by atoms with Gasteiger partial charge in [-0.05, 0) is 86.9 Å². The van der Waals surface area contributed by atoms with Crippen LogP contribution in [0.4, 0.5) is 10.6 Å². The molecule has 3 aliphatic rings. The summed E-state index contributed by atoms with van der Waals surface area (Å²) in [6, 6.07) is 18.4. The van der Waals surface area contributed by atoms with Crippen molar-refractivity contribution in [3.8, 4) is 17.2 Å². The fraction of sp³-hybridized carbons (Fsp3) is 0.450. The lowest BCUT2D eigenvalue weighted by molar-refractivity contribution is 0.167. The molecule has 0 spiro atoms. The van der Waals surface area contributed by atoms with E-state index in [1.807, 2.05) is 53.4 Å². The van der Waals surface area contributed by atoms with Crippen molar-refractivity contribution in [1.82, 2.24) is 29.9 Å². The summed E-state index contributed by atoms with van der Waals surface area (Å²) in [6.07, 6.45) is 8.15. The molecule has 280 valence electrons. The molecular formula is C40H50ClN9O3. The molecule has 0 saturated carbocycles. The Morgan fingerprint density at radius 2 is 1.75 bits per heavy atom. The number of hydrogen-bond acceptors (Lipinski definition) is 7. The molecule has 2 aromatic heterocycles. The van der Waals surface area contributed by atoms with E-state index >= 15 is 0 Å². The molecule has 7 rings (SSSR count). The number of halogens is 1. The fourth-order valence-electron chi connectivity index (χ4n) is 7.33. The number of aromatic nitrogens is 3. The van der Waals surface area contributed by atoms with Crippen molar-refractivity contribution in [2.75, 3.05) is 31.5 Å². The van der Waals surface area contributed by atoms with Crippen LogP contribution in [-0.4, -0.2) is 63.5 Å². The summed E-state index contributed by atoms with van der Waals surface area (Å²) in [4.78, 5) is 15.8. The average Bonchev–Trinajstić information content (AvgIpc) is 3.59. The van der Waals surface area contributed by atoms with Gasteiger partial charge in [0.05, 0.1) is 28.6 Å². The number of rotatable bonds is 7. The van der Waals surface area contributed by atoms with Gasteiger partial charge in [-0.2, -0.15) is 5.10 Å². The molecule has 13 heteroatoms. The van der Waals surface area contributed by atoms with E-state index in [-0.39, 0.29) is 35.2 Å². The van der Waals surface area contributed by atoms with Crippen LogP contribution in [0, 0.1) is 10.8 Å². The van der Waals surface area contributed by atoms with Gasteiger partial charge >= 0.3 is 6.03 Å². The molecule has 2 fully saturated rings. The summed E-state index contributed by atoms with van der Waals surface area (Å²) in [6.45, 7) is 9.67. The van der Waals surface area contributed by atoms with Gasteiger partial charge in [0.25, 0.3) is 0 Å². The van der Waals surface area contributed by atoms with Crippen molar-refractivity contribution in [1.29, 1.82) is 10.8 Å². The number of ether oxygens (including phenoxy) is 2. The first-order valence-corrected chi connectivity index (χ1v) is 19.1. The van der Waals surface area contributed by atoms with Crippen molar-refractivity contribution in [3.63, 3.8) is 0 Å². The molecule has 53 heavy (non-hydrogen) atoms. The average molecular weight is 740 g/mol. The van der Waals surface area contributed by atoms with Gasteiger partial charge in [0.15, 0.2) is 0 Å². The van der Waals surface area contributed by atoms with Crippen molar-refractivity contribution in [2.24, 2.45) is 0 Å². The quantitative estimate of drug-likeness (QED) is 0.0996. The van der Waals surface area contributed by atoms with E-state index in [1.165, 1.54) is 6.42 Å². The first-order chi connectivity index (χ1) is 25.5. The molecule has 2 amide bonds. The van der Waals surface area contributed by atoms with Crippen LogP contribution < -0.4 is 30.9 Å². The van der Waals surface area contributed by atoms with Crippen LogP contribution >= 0.6 is 11.6 Å². The molecule has 4 aromatic rings. The number of likely N-dealkylation sites (tertiary alicyclic amines) is 1. The van der Waals surface area contributed by atoms with E-state index < -0.39 is 0 Å². The number of benzene rings is 2. The Kier molecular flexibility index (Phi) is 10.8. The number of pyridine rings is 1. The summed E-state index contributed by atoms with van der Waals surface area (Å²) in [5.41, 5.74) is 3.53. The Balaban J connectivity index is 1.07. The van der Waals surface area contributed by atoms with Crippen molar-refractivity contribution in [3.05, 3.63) is 94.2 Å². The maximum atomic E-state index is 13.8. The highest BCUT2D eigenvalue weighted by atomic mass is 35.5. The van der Waals surface area contributed by atoms with Gasteiger partial charge in [0, 0.05) is 37.2 Å². The summed E-state index contributed by atoms with van der Waals surface area (Å²) in [5.74, 6) is 2.02. The molecule has 0 bridgehead atoms. The highest BCUT2D eigenvalue weighted by molar-refractivity contribution is 6.32. The van der Waals surface area contributed by atoms with Crippen molar-refractivity contribution in [2.45, 2.75) is 89.4 Å². The van der Waals surface area contributed by atoms with Crippen LogP contribution in [-0.2, 0) is 5.41 Å². The molecule has 12 nitrogen and oxygen atoms in total. The minimum Gasteiger partial charge on any atom is -0.487 e. The van der Waals surface area contributed by atoms with Crippen LogP contribution in [0.5, 0.6) is 11.5 Å². The largest absolute Gasteiger partial charge is 0.487 e. The van der Waals surface area contributed by atoms with E-state index in [2.05, 4.69) is 36.7 Å². The number of urea groups is 1. The zero-order chi connectivity index (χ0) is 37.1. The number of carbonyl (C=O) groups is 1. The van der Waals surface area contributed by atoms with Crippen LogP contribution in [0.2, 0.25) is 5.02 Å². The SMILES string of the molecule is CC(C)(C)c1cc(NC(=O)NC2CC[C@@H](Oc3ccc(=N)n(C(=N)N4CCCCC4)c3)c3ccccc32)n(-c2ccc(Cl)c(O[C@H]3CCCNC3)c2)n1. The van der Waals surface area contributed by atoms with Gasteiger partial charge in [-0.3, -0.25) is 20.7 Å². The number of fused-ring (bicyclic) bond motifs is 1. The van der Waals surface area contributed by atoms with Crippen LogP contribution in [0.3, 0.4) is 0 Å². The number of nitrogens with zero attached hydrogens (tertiary/aromatic N) is 4. The summed E-state index contributed by atoms with van der Waals surface area (Å²) >= 11 is 6.58. The molecule has 4 heterocycles. The zero-order valence-corrected chi connectivity index (χ0v) is 31.5. The minimum absolute atomic E-state index is 0.0326. The summed E-state index contributed by atoms with van der Waals surface area (Å²) < 4.78 is 16.2. The Bertz CT molecular complexity index is 2010. The second-order valence-corrected chi connectivity index (χ2v) is 15.6. The third kappa shape index (κ3) is 8.39. The maximum Gasteiger partial charge on any atom is 0.320 e. The maximum absolute atomic E-state index is 13.8. The lowest BCUT2D eigenvalue weighted by Gasteiger charge is -2.33. The highest BCUT2D eigenvalue weighted by Gasteiger charge is 2.30. The summed E-state index contributed by atoms with van der Waals surface area (Å²) in [5, 5.41) is 32.4. The molecule has 1 unspecified atom stereocenters. The van der Waals surface area contributed by atoms with E-state index in [4.69, 9.17) is 37.0 Å². The van der Waals surface area contributed by atoms with E-state index in [0.29, 0.717) is 41.1 Å². The van der Waals surface area contributed by atoms with E-state index in [1.54, 1.807) is 27.6 Å². The minimum atomic E-state index is -0.340. The van der Waals surface area contributed by atoms with Crippen molar-refractivity contribution >= 4 is 29.4 Å². The van der Waals surface area contributed by atoms with Gasteiger partial charge in [-0.1, -0.05) is 56.6 Å². The monoisotopic (exact) mass is 739 g/mol. The van der Waals surface area contributed by atoms with E-state index in [0.717, 1.165) is 74.4 Å². The Hall–Kier alpha value is -4.81. The number of amides is 2. The Morgan fingerprint density at radius 3 is 2.51 bits per heavy atom. The smallest absolute Gasteiger partial charge is 0.320 e. The molecule has 1 aliphatic carbocycles. The predicted octanol–water partition coefficient (Wildman–Crippen LogP) is 7.28. The standard InChI is InChI=1S/C40H50ClN9O3/c1-40(2,3)35-23-37(50(47-35)26-13-15-31(41)34(22-26)52-27-10-9-19-44-24-27)46-39(51)45-32-16-17-33(30-12-6-5-11-29(30)32)53-28-14-18-36(42)49(25-28)38(43)48-20-7-4-8-21-48/h5-6,11-15,18,22-23,25,27,32-33,42-44H,4,7-10,16-17,19-21,24H2,1-3H3,(H2,45,46,51)/t27-,32?,33+/m0/s1. The fourth-order valence-corrected chi connectivity index (χ4v) is 7.49. The molecule has 3 atom stereocenters. The van der Waals surface area contributed by atoms with Gasteiger partial charge in [0.1, 0.15) is 35.0 Å². The molecule has 2 saturated heterocycles. The Labute approximate surface area is 315 Å². The Morgan fingerprint density at radius 1 is 0.962 bits per heavy atom. The van der Waals surface area contributed by atoms with Gasteiger partial charge in [0.2, 0.25) is 5.96 Å². The number of piperidine rings is 2.